The van der Waals surface area contributed by atoms with Crippen molar-refractivity contribution in [3.63, 3.8) is 0 Å². The molecule has 0 saturated carbocycles. The summed E-state index contributed by atoms with van der Waals surface area (Å²) in [4.78, 5) is 22.9. The largest absolute Gasteiger partial charge is 0.459 e. The van der Waals surface area contributed by atoms with Crippen LogP contribution in [0.2, 0.25) is 0 Å². The van der Waals surface area contributed by atoms with Crippen molar-refractivity contribution in [2.24, 2.45) is 0 Å². The third-order valence-corrected chi connectivity index (χ3v) is 5.85. The molecule has 0 radical (unpaired) electrons. The first kappa shape index (κ1) is 21.3. The fourth-order valence-corrected chi connectivity index (χ4v) is 4.29. The highest BCUT2D eigenvalue weighted by molar-refractivity contribution is 5.84. The Bertz CT molecular complexity index is 1270. The van der Waals surface area contributed by atoms with E-state index in [2.05, 4.69) is 9.97 Å². The average Bonchev–Trinajstić information content (AvgIpc) is 2.87. The summed E-state index contributed by atoms with van der Waals surface area (Å²) in [6, 6.07) is 14.0. The van der Waals surface area contributed by atoms with Crippen molar-refractivity contribution in [1.82, 2.24) is 9.97 Å². The quantitative estimate of drug-likeness (QED) is 0.343. The number of hydrogen-bond donors (Lipinski definition) is 2. The minimum absolute atomic E-state index is 0.297. The van der Waals surface area contributed by atoms with Gasteiger partial charge in [0.15, 0.2) is 11.8 Å². The van der Waals surface area contributed by atoms with Gasteiger partial charge in [-0.25, -0.2) is 4.79 Å². The van der Waals surface area contributed by atoms with Gasteiger partial charge in [0.1, 0.15) is 24.2 Å². The summed E-state index contributed by atoms with van der Waals surface area (Å²) >= 11 is 0. The number of ether oxygens (including phenoxy) is 2. The average molecular weight is 446 g/mol. The molecule has 8 nitrogen and oxygen atoms in total. The second-order valence-corrected chi connectivity index (χ2v) is 7.88. The van der Waals surface area contributed by atoms with Crippen molar-refractivity contribution in [3.05, 3.63) is 100 Å². The number of aliphatic hydroxyl groups is 1. The molecule has 0 unspecified atom stereocenters. The molecule has 0 aliphatic carbocycles. The van der Waals surface area contributed by atoms with Gasteiger partial charge in [-0.2, -0.15) is 0 Å². The number of rotatable bonds is 6. The van der Waals surface area contributed by atoms with Crippen molar-refractivity contribution in [2.45, 2.75) is 12.3 Å². The topological polar surface area (TPSA) is 99.1 Å². The molecule has 0 bridgehead atoms. The first-order valence-electron chi connectivity index (χ1n) is 10.8. The molecule has 4 heterocycles. The Morgan fingerprint density at radius 1 is 0.939 bits per heavy atom. The SMILES string of the molecule is O=c1oc2ccccc2c(O[C@H](O)c2cccnc2)c1[C@@H](c1cccnc1)[NH+]1CCOCC1. The maximum absolute atomic E-state index is 13.4. The monoisotopic (exact) mass is 446 g/mol. The predicted molar refractivity (Wildman–Crippen MR) is 120 cm³/mol. The van der Waals surface area contributed by atoms with E-state index in [9.17, 15) is 9.90 Å². The van der Waals surface area contributed by atoms with Crippen molar-refractivity contribution < 1.29 is 23.9 Å². The van der Waals surface area contributed by atoms with Gasteiger partial charge in [0.25, 0.3) is 0 Å². The van der Waals surface area contributed by atoms with E-state index in [-0.39, 0.29) is 0 Å². The highest BCUT2D eigenvalue weighted by atomic mass is 16.6. The molecule has 33 heavy (non-hydrogen) atoms. The smallest absolute Gasteiger partial charge is 0.349 e. The molecule has 8 heteroatoms. The Morgan fingerprint density at radius 2 is 1.64 bits per heavy atom. The van der Waals surface area contributed by atoms with Gasteiger partial charge in [0.05, 0.1) is 18.6 Å². The number of fused-ring (bicyclic) bond motifs is 1. The normalized spacial score (nSPS) is 16.4. The first-order chi connectivity index (χ1) is 16.2. The second kappa shape index (κ2) is 9.50. The summed E-state index contributed by atoms with van der Waals surface area (Å²) < 4.78 is 17.4. The van der Waals surface area contributed by atoms with E-state index < -0.39 is 18.0 Å². The van der Waals surface area contributed by atoms with Crippen LogP contribution in [0, 0.1) is 0 Å². The van der Waals surface area contributed by atoms with E-state index in [0.717, 1.165) is 10.5 Å². The lowest BCUT2D eigenvalue weighted by Crippen LogP contribution is -3.14. The number of morpholine rings is 1. The molecule has 1 saturated heterocycles. The van der Waals surface area contributed by atoms with Crippen LogP contribution in [0.25, 0.3) is 11.0 Å². The van der Waals surface area contributed by atoms with Gasteiger partial charge in [-0.15, -0.1) is 0 Å². The highest BCUT2D eigenvalue weighted by Gasteiger charge is 2.36. The van der Waals surface area contributed by atoms with Crippen molar-refractivity contribution in [3.8, 4) is 5.75 Å². The van der Waals surface area contributed by atoms with Crippen molar-refractivity contribution in [1.29, 1.82) is 0 Å². The zero-order valence-electron chi connectivity index (χ0n) is 17.9. The van der Waals surface area contributed by atoms with Crippen molar-refractivity contribution >= 4 is 11.0 Å². The number of aliphatic hydroxyl groups excluding tert-OH is 1. The molecule has 0 spiro atoms. The minimum Gasteiger partial charge on any atom is -0.459 e. The molecule has 1 aliphatic rings. The zero-order chi connectivity index (χ0) is 22.6. The highest BCUT2D eigenvalue weighted by Crippen LogP contribution is 2.35. The summed E-state index contributed by atoms with van der Waals surface area (Å²) in [5.74, 6) is 0.297. The van der Waals surface area contributed by atoms with Gasteiger partial charge < -0.3 is 23.9 Å². The first-order valence-corrected chi connectivity index (χ1v) is 10.8. The van der Waals surface area contributed by atoms with Gasteiger partial charge >= 0.3 is 5.63 Å². The van der Waals surface area contributed by atoms with Crippen LogP contribution in [0.4, 0.5) is 0 Å². The van der Waals surface area contributed by atoms with E-state index in [1.807, 2.05) is 24.3 Å². The van der Waals surface area contributed by atoms with Crippen LogP contribution < -0.4 is 15.3 Å². The van der Waals surface area contributed by atoms with Gasteiger partial charge in [0.2, 0.25) is 6.29 Å². The number of para-hydroxylation sites is 1. The molecule has 1 aromatic carbocycles. The molecule has 1 fully saturated rings. The summed E-state index contributed by atoms with van der Waals surface area (Å²) in [6.07, 6.45) is 5.29. The van der Waals surface area contributed by atoms with Crippen LogP contribution in [0.5, 0.6) is 5.75 Å². The second-order valence-electron chi connectivity index (χ2n) is 7.88. The molecule has 5 rings (SSSR count). The van der Waals surface area contributed by atoms with Crippen molar-refractivity contribution in [2.75, 3.05) is 26.3 Å². The Hall–Kier alpha value is -3.59. The lowest BCUT2D eigenvalue weighted by atomic mass is 9.97. The Labute approximate surface area is 190 Å². The molecule has 168 valence electrons. The molecular formula is C25H24N3O5+. The fraction of sp³-hybridized carbons (Fsp3) is 0.240. The Balaban J connectivity index is 1.71. The number of nitrogens with one attached hydrogen (secondary N) is 1. The zero-order valence-corrected chi connectivity index (χ0v) is 17.9. The van der Waals surface area contributed by atoms with E-state index in [1.165, 1.54) is 6.20 Å². The number of hydrogen-bond acceptors (Lipinski definition) is 7. The van der Waals surface area contributed by atoms with Crippen LogP contribution in [-0.4, -0.2) is 41.4 Å². The Kier molecular flexibility index (Phi) is 6.12. The summed E-state index contributed by atoms with van der Waals surface area (Å²) in [6.45, 7) is 2.58. The number of nitrogens with zero attached hydrogens (tertiary/aromatic N) is 2. The lowest BCUT2D eigenvalue weighted by molar-refractivity contribution is -0.933. The molecule has 0 amide bonds. The summed E-state index contributed by atoms with van der Waals surface area (Å²) in [5.41, 5.74) is 1.58. The summed E-state index contributed by atoms with van der Waals surface area (Å²) in [5, 5.41) is 11.5. The number of benzene rings is 1. The molecule has 3 aromatic heterocycles. The Morgan fingerprint density at radius 3 is 2.33 bits per heavy atom. The van der Waals surface area contributed by atoms with Crippen LogP contribution >= 0.6 is 0 Å². The maximum Gasteiger partial charge on any atom is 0.349 e. The van der Waals surface area contributed by atoms with E-state index in [0.29, 0.717) is 54.1 Å². The van der Waals surface area contributed by atoms with Gasteiger partial charge in [-0.3, -0.25) is 9.97 Å². The predicted octanol–water partition coefficient (Wildman–Crippen LogP) is 1.66. The molecule has 2 N–H and O–H groups in total. The third-order valence-electron chi connectivity index (χ3n) is 5.85. The van der Waals surface area contributed by atoms with E-state index in [1.54, 1.807) is 42.9 Å². The van der Waals surface area contributed by atoms with Crippen LogP contribution in [0.15, 0.2) is 82.5 Å². The number of aromatic nitrogens is 2. The molecular weight excluding hydrogens is 422 g/mol. The van der Waals surface area contributed by atoms with Gasteiger partial charge in [0, 0.05) is 35.9 Å². The number of pyridine rings is 2. The third kappa shape index (κ3) is 4.36. The van der Waals surface area contributed by atoms with E-state index in [4.69, 9.17) is 13.9 Å². The molecule has 1 aliphatic heterocycles. The lowest BCUT2D eigenvalue weighted by Gasteiger charge is -2.32. The fourth-order valence-electron chi connectivity index (χ4n) is 4.29. The standard InChI is InChI=1S/C25H23N3O5/c29-24(18-6-4-10-27-16-18)33-23-19-7-1-2-8-20(19)32-25(30)21(23)22(17-5-3-9-26-15-17)28-11-13-31-14-12-28/h1-10,15-16,22,24,29H,11-14H2/p+1/t22-,24+/m1/s1. The van der Waals surface area contributed by atoms with E-state index >= 15 is 0 Å². The van der Waals surface area contributed by atoms with Crippen LogP contribution in [0.3, 0.4) is 0 Å². The maximum atomic E-state index is 13.4. The van der Waals surface area contributed by atoms with Gasteiger partial charge in [-0.05, 0) is 36.4 Å². The van der Waals surface area contributed by atoms with Gasteiger partial charge in [-0.1, -0.05) is 12.1 Å². The van der Waals surface area contributed by atoms with Crippen LogP contribution in [0.1, 0.15) is 29.0 Å². The van der Waals surface area contributed by atoms with Crippen LogP contribution in [-0.2, 0) is 4.74 Å². The molecule has 4 aromatic rings. The summed E-state index contributed by atoms with van der Waals surface area (Å²) in [7, 11) is 0. The number of quaternary nitrogens is 1. The minimum atomic E-state index is -1.31. The molecule has 2 atom stereocenters.